The Morgan fingerprint density at radius 3 is 2.30 bits per heavy atom. The van der Waals surface area contributed by atoms with E-state index < -0.39 is 0 Å². The van der Waals surface area contributed by atoms with Crippen molar-refractivity contribution in [3.8, 4) is 0 Å². The third-order valence-corrected chi connectivity index (χ3v) is 1.95. The first kappa shape index (κ1) is 9.76. The Balaban J connectivity index is 3.63. The zero-order valence-electron chi connectivity index (χ0n) is 6.47. The fraction of sp³-hybridized carbons (Fsp3) is 0.857. The first-order valence-corrected chi connectivity index (χ1v) is 3.98. The van der Waals surface area contributed by atoms with Crippen molar-refractivity contribution in [3.05, 3.63) is 0 Å². The molecule has 0 unspecified atom stereocenters. The maximum Gasteiger partial charge on any atom is 0.145 e. The average Bonchev–Trinajstić information content (AvgIpc) is 1.99. The van der Waals surface area contributed by atoms with Crippen LogP contribution in [0.2, 0.25) is 0 Å². The summed E-state index contributed by atoms with van der Waals surface area (Å²) in [7, 11) is 0. The van der Waals surface area contributed by atoms with Gasteiger partial charge in [-0.3, -0.25) is 0 Å². The molecule has 0 atom stereocenters. The van der Waals surface area contributed by atoms with Gasteiger partial charge in [0.15, 0.2) is 0 Å². The Morgan fingerprint density at radius 2 is 2.00 bits per heavy atom. The molecule has 0 amide bonds. The molecule has 0 aliphatic carbocycles. The third-order valence-electron chi connectivity index (χ3n) is 1.72. The number of hydrogen-bond acceptors (Lipinski definition) is 2. The lowest BCUT2D eigenvalue weighted by Crippen LogP contribution is -2.01. The molecule has 60 valence electrons. The van der Waals surface area contributed by atoms with Crippen LogP contribution in [-0.4, -0.2) is 10.4 Å². The fourth-order valence-corrected chi connectivity index (χ4v) is 1.07. The molecule has 10 heavy (non-hydrogen) atoms. The van der Waals surface area contributed by atoms with E-state index in [0.717, 1.165) is 12.8 Å². The van der Waals surface area contributed by atoms with E-state index in [9.17, 15) is 0 Å². The van der Waals surface area contributed by atoms with Gasteiger partial charge in [0, 0.05) is 6.42 Å². The minimum atomic E-state index is 0.314. The second kappa shape index (κ2) is 5.54. The van der Waals surface area contributed by atoms with E-state index >= 15 is 0 Å². The summed E-state index contributed by atoms with van der Waals surface area (Å²) in [6.07, 6.45) is 2.87. The lowest BCUT2D eigenvalue weighted by atomic mass is 10.0. The summed E-state index contributed by atoms with van der Waals surface area (Å²) < 4.78 is 0. The lowest BCUT2D eigenvalue weighted by molar-refractivity contribution is 0.317. The Labute approximate surface area is 66.9 Å². The Hall–Kier alpha value is -0.240. The maximum atomic E-state index is 8.23. The molecular weight excluding hydrogens is 150 g/mol. The molecule has 0 aliphatic heterocycles. The molecule has 0 saturated carbocycles. The van der Waals surface area contributed by atoms with E-state index in [1.165, 1.54) is 0 Å². The van der Waals surface area contributed by atoms with Crippen molar-refractivity contribution in [2.24, 2.45) is 11.1 Å². The SMILES string of the molecule is CCC(CC)CC(Cl)=NO. The zero-order chi connectivity index (χ0) is 7.98. The largest absolute Gasteiger partial charge is 0.410 e. The highest BCUT2D eigenvalue weighted by Gasteiger charge is 2.05. The monoisotopic (exact) mass is 163 g/mol. The van der Waals surface area contributed by atoms with Crippen molar-refractivity contribution < 1.29 is 5.21 Å². The van der Waals surface area contributed by atoms with Gasteiger partial charge in [-0.2, -0.15) is 0 Å². The molecule has 2 nitrogen and oxygen atoms in total. The molecule has 3 heteroatoms. The molecular formula is C7H14ClNO. The van der Waals surface area contributed by atoms with Crippen molar-refractivity contribution in [2.45, 2.75) is 33.1 Å². The molecule has 0 radical (unpaired) electrons. The van der Waals surface area contributed by atoms with E-state index in [0.29, 0.717) is 17.5 Å². The molecule has 0 aliphatic rings. The first-order valence-electron chi connectivity index (χ1n) is 3.61. The summed E-state index contributed by atoms with van der Waals surface area (Å²) >= 11 is 5.52. The predicted octanol–water partition coefficient (Wildman–Crippen LogP) is 2.84. The van der Waals surface area contributed by atoms with Gasteiger partial charge in [-0.25, -0.2) is 0 Å². The van der Waals surface area contributed by atoms with Gasteiger partial charge in [0.2, 0.25) is 0 Å². The van der Waals surface area contributed by atoms with Gasteiger partial charge in [-0.1, -0.05) is 43.4 Å². The predicted molar refractivity (Wildman–Crippen MR) is 43.8 cm³/mol. The molecule has 0 bridgehead atoms. The number of rotatable bonds is 4. The summed E-state index contributed by atoms with van der Waals surface area (Å²) in [5, 5.41) is 11.5. The van der Waals surface area contributed by atoms with Gasteiger partial charge >= 0.3 is 0 Å². The highest BCUT2D eigenvalue weighted by Crippen LogP contribution is 2.14. The fourth-order valence-electron chi connectivity index (χ4n) is 0.856. The molecule has 0 heterocycles. The van der Waals surface area contributed by atoms with Crippen molar-refractivity contribution in [3.63, 3.8) is 0 Å². The highest BCUT2D eigenvalue weighted by atomic mass is 35.5. The molecule has 0 aromatic heterocycles. The van der Waals surface area contributed by atoms with E-state index in [1.807, 2.05) is 0 Å². The van der Waals surface area contributed by atoms with Crippen LogP contribution in [0.5, 0.6) is 0 Å². The van der Waals surface area contributed by atoms with Crippen LogP contribution < -0.4 is 0 Å². The van der Waals surface area contributed by atoms with Crippen molar-refractivity contribution in [1.29, 1.82) is 0 Å². The van der Waals surface area contributed by atoms with Gasteiger partial charge < -0.3 is 5.21 Å². The average molecular weight is 164 g/mol. The van der Waals surface area contributed by atoms with Crippen LogP contribution in [0.1, 0.15) is 33.1 Å². The van der Waals surface area contributed by atoms with Crippen LogP contribution in [0.4, 0.5) is 0 Å². The number of oxime groups is 1. The van der Waals surface area contributed by atoms with E-state index in [2.05, 4.69) is 19.0 Å². The van der Waals surface area contributed by atoms with Crippen LogP contribution in [0.15, 0.2) is 5.16 Å². The molecule has 0 rings (SSSR count). The zero-order valence-corrected chi connectivity index (χ0v) is 7.23. The number of hydrogen-bond donors (Lipinski definition) is 1. The Bertz CT molecular complexity index is 110. The smallest absolute Gasteiger partial charge is 0.145 e. The topological polar surface area (TPSA) is 32.6 Å². The summed E-state index contributed by atoms with van der Waals surface area (Å²) in [5.74, 6) is 0.559. The lowest BCUT2D eigenvalue weighted by Gasteiger charge is -2.08. The molecule has 0 saturated heterocycles. The van der Waals surface area contributed by atoms with Crippen molar-refractivity contribution >= 4 is 16.8 Å². The standard InChI is InChI=1S/C7H14ClNO/c1-3-6(4-2)5-7(8)9-10/h6,10H,3-5H2,1-2H3. The Morgan fingerprint density at radius 1 is 1.50 bits per heavy atom. The van der Waals surface area contributed by atoms with Crippen LogP contribution in [0.25, 0.3) is 0 Å². The summed E-state index contributed by atoms with van der Waals surface area (Å²) in [4.78, 5) is 0. The van der Waals surface area contributed by atoms with Crippen LogP contribution in [-0.2, 0) is 0 Å². The van der Waals surface area contributed by atoms with Crippen LogP contribution >= 0.6 is 11.6 Å². The van der Waals surface area contributed by atoms with Crippen molar-refractivity contribution in [1.82, 2.24) is 0 Å². The normalized spacial score (nSPS) is 12.6. The molecule has 0 aromatic carbocycles. The maximum absolute atomic E-state index is 8.23. The second-order valence-electron chi connectivity index (χ2n) is 2.36. The van der Waals surface area contributed by atoms with Crippen molar-refractivity contribution in [2.75, 3.05) is 0 Å². The molecule has 0 fully saturated rings. The summed E-state index contributed by atoms with van der Waals surface area (Å²) in [5.41, 5.74) is 0. The van der Waals surface area contributed by atoms with Gasteiger partial charge in [0.25, 0.3) is 0 Å². The van der Waals surface area contributed by atoms with E-state index in [-0.39, 0.29) is 0 Å². The quantitative estimate of drug-likeness (QED) is 0.386. The van der Waals surface area contributed by atoms with Crippen LogP contribution in [0.3, 0.4) is 0 Å². The second-order valence-corrected chi connectivity index (χ2v) is 2.80. The minimum absolute atomic E-state index is 0.314. The molecule has 0 aromatic rings. The first-order chi connectivity index (χ1) is 4.74. The van der Waals surface area contributed by atoms with Gasteiger partial charge in [0.1, 0.15) is 5.17 Å². The van der Waals surface area contributed by atoms with E-state index in [1.54, 1.807) is 0 Å². The van der Waals surface area contributed by atoms with Gasteiger partial charge in [-0.15, -0.1) is 0 Å². The summed E-state index contributed by atoms with van der Waals surface area (Å²) in [6.45, 7) is 4.21. The molecule has 1 N–H and O–H groups in total. The number of halogens is 1. The number of nitrogens with zero attached hydrogens (tertiary/aromatic N) is 1. The van der Waals surface area contributed by atoms with Gasteiger partial charge in [0.05, 0.1) is 0 Å². The summed E-state index contributed by atoms with van der Waals surface area (Å²) in [6, 6.07) is 0. The highest BCUT2D eigenvalue weighted by molar-refractivity contribution is 6.65. The van der Waals surface area contributed by atoms with E-state index in [4.69, 9.17) is 16.8 Å². The Kier molecular flexibility index (Phi) is 5.40. The molecule has 0 spiro atoms. The third kappa shape index (κ3) is 3.72. The van der Waals surface area contributed by atoms with Gasteiger partial charge in [-0.05, 0) is 5.92 Å². The van der Waals surface area contributed by atoms with Crippen LogP contribution in [0, 0.1) is 5.92 Å². The minimum Gasteiger partial charge on any atom is -0.410 e.